The van der Waals surface area contributed by atoms with Gasteiger partial charge in [-0.15, -0.1) is 0 Å². The van der Waals surface area contributed by atoms with Crippen molar-refractivity contribution in [3.05, 3.63) is 90.0 Å². The van der Waals surface area contributed by atoms with Gasteiger partial charge in [0.25, 0.3) is 5.91 Å². The van der Waals surface area contributed by atoms with E-state index in [1.165, 1.54) is 6.92 Å². The van der Waals surface area contributed by atoms with Crippen LogP contribution in [0.1, 0.15) is 28.9 Å². The zero-order valence-corrected chi connectivity index (χ0v) is 15.8. The molecule has 0 spiro atoms. The van der Waals surface area contributed by atoms with Crippen molar-refractivity contribution in [2.45, 2.75) is 13.0 Å². The average molecular weight is 374 g/mol. The molecule has 5 nitrogen and oxygen atoms in total. The lowest BCUT2D eigenvalue weighted by Crippen LogP contribution is -2.27. The Morgan fingerprint density at radius 2 is 1.57 bits per heavy atom. The first-order valence-electron chi connectivity index (χ1n) is 8.94. The molecule has 0 heterocycles. The Balaban J connectivity index is 1.87. The van der Waals surface area contributed by atoms with Crippen molar-refractivity contribution >= 4 is 23.1 Å². The molecule has 0 aliphatic heterocycles. The minimum absolute atomic E-state index is 0.0507. The summed E-state index contributed by atoms with van der Waals surface area (Å²) in [4.78, 5) is 24.7. The van der Waals surface area contributed by atoms with Gasteiger partial charge in [0.15, 0.2) is 5.78 Å². The summed E-state index contributed by atoms with van der Waals surface area (Å²) >= 11 is 0. The molecular formula is C23H22N2O3. The Morgan fingerprint density at radius 3 is 2.29 bits per heavy atom. The number of carbonyl (C=O) groups excluding carboxylic acids is 2. The number of amides is 1. The van der Waals surface area contributed by atoms with Gasteiger partial charge in [-0.3, -0.25) is 9.59 Å². The van der Waals surface area contributed by atoms with Gasteiger partial charge in [-0.25, -0.2) is 0 Å². The molecule has 0 bridgehead atoms. The number of ketones is 1. The Hall–Kier alpha value is -3.60. The van der Waals surface area contributed by atoms with Crippen LogP contribution in [0.2, 0.25) is 0 Å². The average Bonchev–Trinajstić information content (AvgIpc) is 2.73. The molecule has 5 heteroatoms. The Morgan fingerprint density at radius 1 is 0.857 bits per heavy atom. The molecule has 1 amide bonds. The second-order valence-corrected chi connectivity index (χ2v) is 6.35. The van der Waals surface area contributed by atoms with Crippen LogP contribution in [0.3, 0.4) is 0 Å². The van der Waals surface area contributed by atoms with Gasteiger partial charge in [-0.05, 0) is 36.8 Å². The number of carbonyl (C=O) groups is 2. The van der Waals surface area contributed by atoms with E-state index in [4.69, 9.17) is 4.74 Å². The monoisotopic (exact) mass is 374 g/mol. The topological polar surface area (TPSA) is 67.4 Å². The lowest BCUT2D eigenvalue weighted by Gasteiger charge is -2.20. The zero-order valence-electron chi connectivity index (χ0n) is 15.8. The first-order chi connectivity index (χ1) is 13.6. The molecule has 3 rings (SSSR count). The van der Waals surface area contributed by atoms with Crippen molar-refractivity contribution in [3.8, 4) is 5.75 Å². The number of Topliss-reactive ketones (excluding diaryl/α,β-unsaturated/α-hetero) is 1. The minimum atomic E-state index is -0.616. The molecule has 0 saturated heterocycles. The molecule has 3 aromatic carbocycles. The standard InChI is InChI=1S/C23H22N2O3/c1-16(26)18-10-6-11-19(14-18)25-23(27)22(17-8-4-3-5-9-17)24-20-12-7-13-21(15-20)28-2/h3-15,22,24H,1-2H3,(H,25,27)/t22-/m0/s1. The number of benzene rings is 3. The highest BCUT2D eigenvalue weighted by atomic mass is 16.5. The molecule has 28 heavy (non-hydrogen) atoms. The van der Waals surface area contributed by atoms with Crippen molar-refractivity contribution in [2.24, 2.45) is 0 Å². The molecule has 142 valence electrons. The molecule has 0 aliphatic carbocycles. The third kappa shape index (κ3) is 4.76. The van der Waals surface area contributed by atoms with E-state index in [0.29, 0.717) is 17.0 Å². The Kier molecular flexibility index (Phi) is 6.07. The fourth-order valence-electron chi connectivity index (χ4n) is 2.86. The molecule has 0 fully saturated rings. The summed E-state index contributed by atoms with van der Waals surface area (Å²) in [7, 11) is 1.60. The first-order valence-corrected chi connectivity index (χ1v) is 8.94. The summed E-state index contributed by atoms with van der Waals surface area (Å²) in [6.07, 6.45) is 0. The van der Waals surface area contributed by atoms with Gasteiger partial charge in [0.05, 0.1) is 7.11 Å². The molecule has 0 unspecified atom stereocenters. The van der Waals surface area contributed by atoms with Crippen LogP contribution in [0.25, 0.3) is 0 Å². The second kappa shape index (κ2) is 8.86. The molecule has 1 atom stereocenters. The van der Waals surface area contributed by atoms with Crippen LogP contribution < -0.4 is 15.4 Å². The van der Waals surface area contributed by atoms with E-state index >= 15 is 0 Å². The number of hydrogen-bond donors (Lipinski definition) is 2. The van der Waals surface area contributed by atoms with E-state index in [1.54, 1.807) is 31.4 Å². The van der Waals surface area contributed by atoms with Crippen LogP contribution in [0, 0.1) is 0 Å². The number of methoxy groups -OCH3 is 1. The third-order valence-electron chi connectivity index (χ3n) is 4.31. The summed E-state index contributed by atoms with van der Waals surface area (Å²) in [5.41, 5.74) is 2.72. The molecule has 0 radical (unpaired) electrons. The van der Waals surface area contributed by atoms with Crippen molar-refractivity contribution in [1.29, 1.82) is 0 Å². The van der Waals surface area contributed by atoms with Crippen molar-refractivity contribution in [3.63, 3.8) is 0 Å². The van der Waals surface area contributed by atoms with Gasteiger partial charge in [-0.2, -0.15) is 0 Å². The van der Waals surface area contributed by atoms with Crippen LogP contribution in [-0.2, 0) is 4.79 Å². The van der Waals surface area contributed by atoms with Crippen LogP contribution >= 0.6 is 0 Å². The molecule has 0 aromatic heterocycles. The van der Waals surface area contributed by atoms with E-state index in [9.17, 15) is 9.59 Å². The number of hydrogen-bond acceptors (Lipinski definition) is 4. The van der Waals surface area contributed by atoms with Gasteiger partial charge < -0.3 is 15.4 Å². The fourth-order valence-corrected chi connectivity index (χ4v) is 2.86. The number of anilines is 2. The smallest absolute Gasteiger partial charge is 0.251 e. The summed E-state index contributed by atoms with van der Waals surface area (Å²) in [6.45, 7) is 1.50. The predicted molar refractivity (Wildman–Crippen MR) is 111 cm³/mol. The fraction of sp³-hybridized carbons (Fsp3) is 0.130. The van der Waals surface area contributed by atoms with E-state index in [0.717, 1.165) is 11.3 Å². The normalized spacial score (nSPS) is 11.4. The molecule has 0 aliphatic rings. The van der Waals surface area contributed by atoms with E-state index in [1.807, 2.05) is 54.6 Å². The molecule has 3 aromatic rings. The summed E-state index contributed by atoms with van der Waals surface area (Å²) in [5, 5.41) is 6.17. The maximum Gasteiger partial charge on any atom is 0.251 e. The summed E-state index contributed by atoms with van der Waals surface area (Å²) < 4.78 is 5.26. The lowest BCUT2D eigenvalue weighted by atomic mass is 10.0. The third-order valence-corrected chi connectivity index (χ3v) is 4.31. The maximum atomic E-state index is 13.1. The second-order valence-electron chi connectivity index (χ2n) is 6.35. The van der Waals surface area contributed by atoms with Crippen molar-refractivity contribution in [2.75, 3.05) is 17.7 Å². The van der Waals surface area contributed by atoms with E-state index in [2.05, 4.69) is 10.6 Å². The number of nitrogens with one attached hydrogen (secondary N) is 2. The quantitative estimate of drug-likeness (QED) is 0.589. The van der Waals surface area contributed by atoms with E-state index < -0.39 is 6.04 Å². The Labute approximate surface area is 164 Å². The lowest BCUT2D eigenvalue weighted by molar-refractivity contribution is -0.117. The van der Waals surface area contributed by atoms with Crippen LogP contribution in [0.15, 0.2) is 78.9 Å². The van der Waals surface area contributed by atoms with Gasteiger partial charge >= 0.3 is 0 Å². The SMILES string of the molecule is COc1cccc(N[C@H](C(=O)Nc2cccc(C(C)=O)c2)c2ccccc2)c1. The van der Waals surface area contributed by atoms with Gasteiger partial charge in [0.1, 0.15) is 11.8 Å². The zero-order chi connectivity index (χ0) is 19.9. The predicted octanol–water partition coefficient (Wildman–Crippen LogP) is 4.69. The minimum Gasteiger partial charge on any atom is -0.497 e. The Bertz CT molecular complexity index is 970. The van der Waals surface area contributed by atoms with Gasteiger partial charge in [-0.1, -0.05) is 48.5 Å². The van der Waals surface area contributed by atoms with Crippen LogP contribution in [0.4, 0.5) is 11.4 Å². The summed E-state index contributed by atoms with van der Waals surface area (Å²) in [6, 6.07) is 23.2. The summed E-state index contributed by atoms with van der Waals surface area (Å²) in [5.74, 6) is 0.423. The highest BCUT2D eigenvalue weighted by Crippen LogP contribution is 2.24. The van der Waals surface area contributed by atoms with E-state index in [-0.39, 0.29) is 11.7 Å². The number of rotatable bonds is 7. The molecule has 0 saturated carbocycles. The highest BCUT2D eigenvalue weighted by molar-refractivity contribution is 5.99. The first kappa shape index (κ1) is 19.2. The van der Waals surface area contributed by atoms with Crippen LogP contribution in [0.5, 0.6) is 5.75 Å². The number of ether oxygens (including phenoxy) is 1. The van der Waals surface area contributed by atoms with Gasteiger partial charge in [0.2, 0.25) is 0 Å². The van der Waals surface area contributed by atoms with Crippen LogP contribution in [-0.4, -0.2) is 18.8 Å². The van der Waals surface area contributed by atoms with Gasteiger partial charge in [0, 0.05) is 23.0 Å². The maximum absolute atomic E-state index is 13.1. The highest BCUT2D eigenvalue weighted by Gasteiger charge is 2.21. The van der Waals surface area contributed by atoms with Crippen molar-refractivity contribution in [1.82, 2.24) is 0 Å². The largest absolute Gasteiger partial charge is 0.497 e. The molecular weight excluding hydrogens is 352 g/mol. The van der Waals surface area contributed by atoms with Crippen molar-refractivity contribution < 1.29 is 14.3 Å². The molecule has 2 N–H and O–H groups in total.